The fourth-order valence-corrected chi connectivity index (χ4v) is 3.88. The van der Waals surface area contributed by atoms with Crippen LogP contribution in [0.5, 0.6) is 0 Å². The minimum Gasteiger partial charge on any atom is -0.460 e. The molecule has 2 aromatic rings. The molecule has 8 nitrogen and oxygen atoms in total. The van der Waals surface area contributed by atoms with Crippen molar-refractivity contribution in [1.82, 2.24) is 14.9 Å². The molecule has 0 atom stereocenters. The number of hydrogen-bond acceptors (Lipinski definition) is 8. The summed E-state index contributed by atoms with van der Waals surface area (Å²) >= 11 is 0. The maximum atomic E-state index is 9.81. The fraction of sp³-hybridized carbons (Fsp3) is 0.609. The average Bonchev–Trinajstić information content (AvgIpc) is 3.24. The van der Waals surface area contributed by atoms with Gasteiger partial charge in [0.05, 0.1) is 31.4 Å². The van der Waals surface area contributed by atoms with E-state index in [1.54, 1.807) is 6.20 Å². The fourth-order valence-electron chi connectivity index (χ4n) is 3.88. The highest BCUT2D eigenvalue weighted by Crippen LogP contribution is 2.32. The van der Waals surface area contributed by atoms with Crippen molar-refractivity contribution in [1.29, 1.82) is 0 Å². The quantitative estimate of drug-likeness (QED) is 0.619. The van der Waals surface area contributed by atoms with Gasteiger partial charge in [0.2, 0.25) is 5.95 Å². The van der Waals surface area contributed by atoms with Crippen LogP contribution in [-0.2, 0) is 11.3 Å². The summed E-state index contributed by atoms with van der Waals surface area (Å²) in [6.45, 7) is 7.13. The maximum absolute atomic E-state index is 9.81. The van der Waals surface area contributed by atoms with E-state index in [1.165, 1.54) is 0 Å². The number of morpholine rings is 1. The molecule has 0 amide bonds. The van der Waals surface area contributed by atoms with E-state index in [2.05, 4.69) is 22.1 Å². The molecule has 1 aliphatic carbocycles. The summed E-state index contributed by atoms with van der Waals surface area (Å²) in [6.07, 6.45) is 6.86. The third-order valence-electron chi connectivity index (χ3n) is 5.79. The number of ether oxygens (including phenoxy) is 1. The zero-order chi connectivity index (χ0) is 21.5. The van der Waals surface area contributed by atoms with Crippen LogP contribution in [0.15, 0.2) is 27.7 Å². The number of anilines is 1. The Hall–Kier alpha value is -2.29. The molecular weight excluding hydrogens is 394 g/mol. The van der Waals surface area contributed by atoms with Crippen LogP contribution in [0.3, 0.4) is 0 Å². The molecular formula is C23H33N5O3. The van der Waals surface area contributed by atoms with Crippen LogP contribution in [0.4, 0.5) is 11.8 Å². The minimum absolute atomic E-state index is 0.220. The Morgan fingerprint density at radius 1 is 1.23 bits per heavy atom. The predicted molar refractivity (Wildman–Crippen MR) is 121 cm³/mol. The third kappa shape index (κ3) is 6.12. The number of unbranched alkanes of at least 4 members (excludes halogenated alkanes) is 1. The van der Waals surface area contributed by atoms with E-state index >= 15 is 0 Å². The zero-order valence-electron chi connectivity index (χ0n) is 18.3. The number of aliphatic imine (C=N–C) groups is 1. The Kier molecular flexibility index (Phi) is 7.66. The van der Waals surface area contributed by atoms with E-state index in [0.717, 1.165) is 101 Å². The molecule has 0 radical (unpaired) electrons. The second-order valence-electron chi connectivity index (χ2n) is 8.27. The van der Waals surface area contributed by atoms with Crippen molar-refractivity contribution in [2.24, 2.45) is 4.99 Å². The van der Waals surface area contributed by atoms with E-state index in [4.69, 9.17) is 19.1 Å². The molecule has 0 bridgehead atoms. The predicted octanol–water partition coefficient (Wildman–Crippen LogP) is 3.79. The first kappa shape index (κ1) is 21.9. The number of rotatable bonds is 8. The van der Waals surface area contributed by atoms with Gasteiger partial charge in [-0.15, -0.1) is 0 Å². The van der Waals surface area contributed by atoms with Crippen LogP contribution < -0.4 is 5.32 Å². The molecule has 2 aliphatic rings. The second-order valence-corrected chi connectivity index (χ2v) is 8.27. The topological polar surface area (TPSA) is 96.0 Å². The largest absolute Gasteiger partial charge is 0.460 e. The Balaban J connectivity index is 1.56. The average molecular weight is 428 g/mol. The Morgan fingerprint density at radius 2 is 2.03 bits per heavy atom. The lowest BCUT2D eigenvalue weighted by Crippen LogP contribution is -2.35. The third-order valence-corrected chi connectivity index (χ3v) is 5.79. The van der Waals surface area contributed by atoms with Crippen molar-refractivity contribution in [2.45, 2.75) is 58.1 Å². The van der Waals surface area contributed by atoms with Crippen molar-refractivity contribution < 1.29 is 14.3 Å². The van der Waals surface area contributed by atoms with E-state index < -0.39 is 0 Å². The summed E-state index contributed by atoms with van der Waals surface area (Å²) in [5, 5.41) is 13.1. The molecule has 2 fully saturated rings. The smallest absolute Gasteiger partial charge is 0.224 e. The monoisotopic (exact) mass is 427 g/mol. The highest BCUT2D eigenvalue weighted by molar-refractivity contribution is 5.89. The van der Waals surface area contributed by atoms with Gasteiger partial charge in [0, 0.05) is 31.5 Å². The van der Waals surface area contributed by atoms with Gasteiger partial charge in [0.25, 0.3) is 0 Å². The number of nitrogens with zero attached hydrogens (tertiary/aromatic N) is 4. The Labute approximate surface area is 183 Å². The highest BCUT2D eigenvalue weighted by Gasteiger charge is 2.19. The standard InChI is InChI=1S/C23H33N5O3/c1-2-3-10-24-23-25-15-20(22(27-23)26-17-4-6-18(29)7-5-17)21-9-8-19(31-21)16-28-11-13-30-14-12-28/h8-9,15,18,29H,2-7,10-14,16H2,1H3,(H,24,25,27). The lowest BCUT2D eigenvalue weighted by molar-refractivity contribution is 0.0314. The van der Waals surface area contributed by atoms with Gasteiger partial charge in [-0.25, -0.2) is 9.98 Å². The van der Waals surface area contributed by atoms with Crippen molar-refractivity contribution in [3.05, 3.63) is 24.1 Å². The van der Waals surface area contributed by atoms with E-state index in [0.29, 0.717) is 11.8 Å². The Bertz CT molecular complexity index is 866. The molecule has 0 aromatic carbocycles. The number of aliphatic hydroxyl groups excluding tert-OH is 1. The van der Waals surface area contributed by atoms with E-state index in [1.807, 2.05) is 12.1 Å². The zero-order valence-corrected chi connectivity index (χ0v) is 18.3. The first-order chi connectivity index (χ1) is 15.2. The molecule has 0 spiro atoms. The summed E-state index contributed by atoms with van der Waals surface area (Å²) in [4.78, 5) is 16.4. The summed E-state index contributed by atoms with van der Waals surface area (Å²) in [7, 11) is 0. The lowest BCUT2D eigenvalue weighted by atomic mass is 9.96. The van der Waals surface area contributed by atoms with Crippen molar-refractivity contribution in [2.75, 3.05) is 38.2 Å². The summed E-state index contributed by atoms with van der Waals surface area (Å²) in [5.74, 6) is 2.88. The van der Waals surface area contributed by atoms with Crippen LogP contribution in [0.2, 0.25) is 0 Å². The minimum atomic E-state index is -0.220. The van der Waals surface area contributed by atoms with Gasteiger partial charge >= 0.3 is 0 Å². The summed E-state index contributed by atoms with van der Waals surface area (Å²) in [6, 6.07) is 4.00. The van der Waals surface area contributed by atoms with Crippen molar-refractivity contribution >= 4 is 17.5 Å². The van der Waals surface area contributed by atoms with E-state index in [-0.39, 0.29) is 6.10 Å². The van der Waals surface area contributed by atoms with Crippen LogP contribution in [-0.4, -0.2) is 64.6 Å². The summed E-state index contributed by atoms with van der Waals surface area (Å²) in [5.41, 5.74) is 1.87. The molecule has 0 unspecified atom stereocenters. The van der Waals surface area contributed by atoms with Gasteiger partial charge in [-0.05, 0) is 44.2 Å². The number of furan rings is 1. The van der Waals surface area contributed by atoms with Crippen LogP contribution in [0.25, 0.3) is 11.3 Å². The Morgan fingerprint density at radius 3 is 2.81 bits per heavy atom. The van der Waals surface area contributed by atoms with Crippen molar-refractivity contribution in [3.8, 4) is 11.3 Å². The normalized spacial score (nSPS) is 20.1. The maximum Gasteiger partial charge on any atom is 0.224 e. The van der Waals surface area contributed by atoms with E-state index in [9.17, 15) is 5.11 Å². The van der Waals surface area contributed by atoms with Gasteiger partial charge < -0.3 is 19.6 Å². The number of hydrogen-bond donors (Lipinski definition) is 2. The SMILES string of the molecule is CCCCNc1ncc(-c2ccc(CN3CCOCC3)o2)c(N=C2CCC(O)CC2)n1. The molecule has 2 aromatic heterocycles. The molecule has 4 rings (SSSR count). The van der Waals surface area contributed by atoms with Gasteiger partial charge in [0.1, 0.15) is 11.5 Å². The molecule has 31 heavy (non-hydrogen) atoms. The number of aromatic nitrogens is 2. The number of nitrogens with one attached hydrogen (secondary N) is 1. The van der Waals surface area contributed by atoms with Gasteiger partial charge in [-0.3, -0.25) is 4.90 Å². The molecule has 1 saturated heterocycles. The van der Waals surface area contributed by atoms with Gasteiger partial charge in [-0.2, -0.15) is 4.98 Å². The van der Waals surface area contributed by atoms with Crippen LogP contribution in [0.1, 0.15) is 51.2 Å². The molecule has 168 valence electrons. The molecule has 1 aliphatic heterocycles. The molecule has 1 saturated carbocycles. The number of aliphatic hydroxyl groups is 1. The summed E-state index contributed by atoms with van der Waals surface area (Å²) < 4.78 is 11.6. The molecule has 3 heterocycles. The first-order valence-corrected chi connectivity index (χ1v) is 11.5. The van der Waals surface area contributed by atoms with Gasteiger partial charge in [0.15, 0.2) is 5.82 Å². The first-order valence-electron chi connectivity index (χ1n) is 11.5. The second kappa shape index (κ2) is 10.8. The van der Waals surface area contributed by atoms with Crippen LogP contribution in [0, 0.1) is 0 Å². The van der Waals surface area contributed by atoms with Crippen LogP contribution >= 0.6 is 0 Å². The molecule has 2 N–H and O–H groups in total. The van der Waals surface area contributed by atoms with Crippen molar-refractivity contribution in [3.63, 3.8) is 0 Å². The van der Waals surface area contributed by atoms with Gasteiger partial charge in [-0.1, -0.05) is 13.3 Å². The molecule has 8 heteroatoms. The lowest BCUT2D eigenvalue weighted by Gasteiger charge is -2.25. The highest BCUT2D eigenvalue weighted by atomic mass is 16.5.